The van der Waals surface area contributed by atoms with Gasteiger partial charge in [0.1, 0.15) is 11.5 Å². The molecule has 0 aliphatic carbocycles. The van der Waals surface area contributed by atoms with Crippen molar-refractivity contribution in [1.82, 2.24) is 4.90 Å². The third-order valence-corrected chi connectivity index (χ3v) is 3.37. The van der Waals surface area contributed by atoms with Crippen LogP contribution in [0.4, 0.5) is 0 Å². The Bertz CT molecular complexity index is 325. The highest BCUT2D eigenvalue weighted by Crippen LogP contribution is 2.18. The summed E-state index contributed by atoms with van der Waals surface area (Å²) >= 11 is 0. The van der Waals surface area contributed by atoms with Gasteiger partial charge in [0.15, 0.2) is 0 Å². The molecule has 3 heteroatoms. The zero-order valence-corrected chi connectivity index (χ0v) is 10.2. The molecule has 1 fully saturated rings. The van der Waals surface area contributed by atoms with Crippen LogP contribution in [0.15, 0.2) is 10.5 Å². The highest BCUT2D eigenvalue weighted by atomic mass is 16.3. The predicted octanol–water partition coefficient (Wildman–Crippen LogP) is 2.42. The molecule has 0 spiro atoms. The first kappa shape index (κ1) is 11.7. The van der Waals surface area contributed by atoms with Gasteiger partial charge in [0, 0.05) is 12.1 Å². The molecule has 1 aromatic heterocycles. The lowest BCUT2D eigenvalue weighted by Crippen LogP contribution is -2.23. The molecule has 0 unspecified atom stereocenters. The molecular formula is C13H22N2O. The molecule has 1 aliphatic rings. The van der Waals surface area contributed by atoms with E-state index in [1.165, 1.54) is 38.8 Å². The Morgan fingerprint density at radius 3 is 2.50 bits per heavy atom. The van der Waals surface area contributed by atoms with E-state index >= 15 is 0 Å². The van der Waals surface area contributed by atoms with Gasteiger partial charge in [-0.05, 0) is 38.9 Å². The number of likely N-dealkylation sites (tertiary alicyclic amines) is 1. The molecular weight excluding hydrogens is 200 g/mol. The number of nitrogens with zero attached hydrogens (tertiary/aromatic N) is 1. The van der Waals surface area contributed by atoms with Gasteiger partial charge in [-0.3, -0.25) is 4.90 Å². The first-order valence-electron chi connectivity index (χ1n) is 6.30. The van der Waals surface area contributed by atoms with E-state index in [0.29, 0.717) is 6.54 Å². The first-order valence-corrected chi connectivity index (χ1v) is 6.30. The van der Waals surface area contributed by atoms with Gasteiger partial charge in [-0.1, -0.05) is 12.8 Å². The van der Waals surface area contributed by atoms with Gasteiger partial charge in [-0.15, -0.1) is 0 Å². The second-order valence-corrected chi connectivity index (χ2v) is 4.69. The molecule has 0 aromatic carbocycles. The molecule has 0 bridgehead atoms. The maximum atomic E-state index is 5.73. The van der Waals surface area contributed by atoms with Crippen molar-refractivity contribution in [2.75, 3.05) is 13.1 Å². The lowest BCUT2D eigenvalue weighted by atomic mass is 10.2. The van der Waals surface area contributed by atoms with Gasteiger partial charge >= 0.3 is 0 Å². The van der Waals surface area contributed by atoms with Gasteiger partial charge in [0.25, 0.3) is 0 Å². The van der Waals surface area contributed by atoms with Gasteiger partial charge in [0.2, 0.25) is 0 Å². The molecule has 0 amide bonds. The monoisotopic (exact) mass is 222 g/mol. The van der Waals surface area contributed by atoms with Crippen molar-refractivity contribution in [3.05, 3.63) is 23.2 Å². The van der Waals surface area contributed by atoms with Crippen LogP contribution in [-0.2, 0) is 13.1 Å². The van der Waals surface area contributed by atoms with E-state index in [4.69, 9.17) is 10.2 Å². The van der Waals surface area contributed by atoms with E-state index in [0.717, 1.165) is 23.6 Å². The molecule has 2 N–H and O–H groups in total. The summed E-state index contributed by atoms with van der Waals surface area (Å²) in [6, 6.07) is 2.11. The van der Waals surface area contributed by atoms with Crippen molar-refractivity contribution in [3.8, 4) is 0 Å². The molecule has 2 rings (SSSR count). The largest absolute Gasteiger partial charge is 0.465 e. The quantitative estimate of drug-likeness (QED) is 0.854. The van der Waals surface area contributed by atoms with Crippen LogP contribution in [0.1, 0.15) is 42.8 Å². The molecule has 1 aliphatic heterocycles. The average molecular weight is 222 g/mol. The molecule has 2 heterocycles. The van der Waals surface area contributed by atoms with Crippen molar-refractivity contribution in [2.24, 2.45) is 5.73 Å². The van der Waals surface area contributed by atoms with Crippen LogP contribution in [-0.4, -0.2) is 18.0 Å². The number of hydrogen-bond donors (Lipinski definition) is 1. The highest BCUT2D eigenvalue weighted by molar-refractivity contribution is 5.20. The third-order valence-electron chi connectivity index (χ3n) is 3.37. The Hall–Kier alpha value is -0.800. The molecule has 0 radical (unpaired) electrons. The fraction of sp³-hybridized carbons (Fsp3) is 0.692. The zero-order valence-electron chi connectivity index (χ0n) is 10.2. The van der Waals surface area contributed by atoms with Crippen molar-refractivity contribution in [2.45, 2.75) is 45.7 Å². The number of aryl methyl sites for hydroxylation is 1. The topological polar surface area (TPSA) is 42.4 Å². The SMILES string of the molecule is Cc1oc(CN2CCCCCC2)cc1CN. The Morgan fingerprint density at radius 1 is 1.25 bits per heavy atom. The number of rotatable bonds is 3. The molecule has 3 nitrogen and oxygen atoms in total. The smallest absolute Gasteiger partial charge is 0.118 e. The summed E-state index contributed by atoms with van der Waals surface area (Å²) in [5, 5.41) is 0. The van der Waals surface area contributed by atoms with Gasteiger partial charge < -0.3 is 10.2 Å². The summed E-state index contributed by atoms with van der Waals surface area (Å²) in [7, 11) is 0. The van der Waals surface area contributed by atoms with Crippen molar-refractivity contribution in [1.29, 1.82) is 0 Å². The molecule has 0 atom stereocenters. The summed E-state index contributed by atoms with van der Waals surface area (Å²) in [4.78, 5) is 2.49. The van der Waals surface area contributed by atoms with Crippen molar-refractivity contribution >= 4 is 0 Å². The van der Waals surface area contributed by atoms with Crippen molar-refractivity contribution in [3.63, 3.8) is 0 Å². The van der Waals surface area contributed by atoms with E-state index < -0.39 is 0 Å². The van der Waals surface area contributed by atoms with Gasteiger partial charge in [0.05, 0.1) is 6.54 Å². The Labute approximate surface area is 97.6 Å². The minimum absolute atomic E-state index is 0.579. The predicted molar refractivity (Wildman–Crippen MR) is 65.1 cm³/mol. The molecule has 90 valence electrons. The first-order chi connectivity index (χ1) is 7.79. The van der Waals surface area contributed by atoms with E-state index in [1.54, 1.807) is 0 Å². The van der Waals surface area contributed by atoms with Crippen LogP contribution in [0.2, 0.25) is 0 Å². The lowest BCUT2D eigenvalue weighted by molar-refractivity contribution is 0.251. The van der Waals surface area contributed by atoms with E-state index in [-0.39, 0.29) is 0 Å². The summed E-state index contributed by atoms with van der Waals surface area (Å²) in [5.74, 6) is 2.05. The zero-order chi connectivity index (χ0) is 11.4. The molecule has 16 heavy (non-hydrogen) atoms. The molecule has 1 aromatic rings. The van der Waals surface area contributed by atoms with Crippen molar-refractivity contribution < 1.29 is 4.42 Å². The van der Waals surface area contributed by atoms with Crippen LogP contribution >= 0.6 is 0 Å². The Balaban J connectivity index is 1.96. The lowest BCUT2D eigenvalue weighted by Gasteiger charge is -2.17. The van der Waals surface area contributed by atoms with E-state index in [9.17, 15) is 0 Å². The second-order valence-electron chi connectivity index (χ2n) is 4.69. The highest BCUT2D eigenvalue weighted by Gasteiger charge is 2.12. The fourth-order valence-electron chi connectivity index (χ4n) is 2.38. The van der Waals surface area contributed by atoms with Crippen LogP contribution in [0, 0.1) is 6.92 Å². The second kappa shape index (κ2) is 5.51. The van der Waals surface area contributed by atoms with E-state index in [2.05, 4.69) is 11.0 Å². The summed E-state index contributed by atoms with van der Waals surface area (Å²) in [5.41, 5.74) is 6.79. The van der Waals surface area contributed by atoms with Gasteiger partial charge in [-0.2, -0.15) is 0 Å². The normalized spacial score (nSPS) is 18.6. The summed E-state index contributed by atoms with van der Waals surface area (Å²) < 4.78 is 5.73. The summed E-state index contributed by atoms with van der Waals surface area (Å²) in [6.45, 7) is 5.93. The van der Waals surface area contributed by atoms with Crippen LogP contribution in [0.3, 0.4) is 0 Å². The summed E-state index contributed by atoms with van der Waals surface area (Å²) in [6.07, 6.45) is 5.40. The van der Waals surface area contributed by atoms with Crippen LogP contribution in [0.5, 0.6) is 0 Å². The Kier molecular flexibility index (Phi) is 4.02. The Morgan fingerprint density at radius 2 is 1.94 bits per heavy atom. The average Bonchev–Trinajstić information content (AvgIpc) is 2.50. The number of hydrogen-bond acceptors (Lipinski definition) is 3. The number of furan rings is 1. The minimum Gasteiger partial charge on any atom is -0.465 e. The maximum absolute atomic E-state index is 5.73. The minimum atomic E-state index is 0.579. The third kappa shape index (κ3) is 2.86. The van der Waals surface area contributed by atoms with E-state index in [1.807, 2.05) is 6.92 Å². The number of nitrogens with two attached hydrogens (primary N) is 1. The standard InChI is InChI=1S/C13H22N2O/c1-11-12(9-14)8-13(16-11)10-15-6-4-2-3-5-7-15/h8H,2-7,9-10,14H2,1H3. The fourth-order valence-corrected chi connectivity index (χ4v) is 2.38. The maximum Gasteiger partial charge on any atom is 0.118 e. The molecule has 1 saturated heterocycles. The van der Waals surface area contributed by atoms with Crippen LogP contribution in [0.25, 0.3) is 0 Å². The molecule has 0 saturated carbocycles. The van der Waals surface area contributed by atoms with Gasteiger partial charge in [-0.25, -0.2) is 0 Å². The van der Waals surface area contributed by atoms with Crippen LogP contribution < -0.4 is 5.73 Å².